The Bertz CT molecular complexity index is 544. The molecule has 0 saturated carbocycles. The molecule has 0 aliphatic rings. The van der Waals surface area contributed by atoms with Gasteiger partial charge < -0.3 is 5.11 Å². The van der Waals surface area contributed by atoms with Crippen LogP contribution >= 0.6 is 0 Å². The summed E-state index contributed by atoms with van der Waals surface area (Å²) in [6.07, 6.45) is 4.05. The van der Waals surface area contributed by atoms with Crippen molar-refractivity contribution in [3.8, 4) is 0 Å². The van der Waals surface area contributed by atoms with E-state index in [1.54, 1.807) is 24.0 Å². The molecule has 0 saturated heterocycles. The molecule has 76 valence electrons. The minimum Gasteiger partial charge on any atom is -0.478 e. The van der Waals surface area contributed by atoms with Crippen LogP contribution in [0.2, 0.25) is 0 Å². The van der Waals surface area contributed by atoms with Crippen LogP contribution in [0.5, 0.6) is 0 Å². The Labute approximate surface area is 84.9 Å². The van der Waals surface area contributed by atoms with Crippen LogP contribution in [0.15, 0.2) is 18.3 Å². The van der Waals surface area contributed by atoms with Crippen molar-refractivity contribution in [2.45, 2.75) is 0 Å². The largest absolute Gasteiger partial charge is 0.478 e. The number of hydrogen-bond acceptors (Lipinski definition) is 4. The first-order valence-corrected chi connectivity index (χ1v) is 4.23. The highest BCUT2D eigenvalue weighted by Crippen LogP contribution is 2.10. The van der Waals surface area contributed by atoms with E-state index in [-0.39, 0.29) is 0 Å². The maximum atomic E-state index is 10.3. The Kier molecular flexibility index (Phi) is 2.17. The molecule has 0 bridgehead atoms. The number of nitrogens with zero attached hydrogens (tertiary/aromatic N) is 4. The quantitative estimate of drug-likeness (QED) is 0.719. The van der Waals surface area contributed by atoms with Crippen molar-refractivity contribution in [1.29, 1.82) is 0 Å². The van der Waals surface area contributed by atoms with Crippen molar-refractivity contribution in [2.24, 2.45) is 7.05 Å². The topological polar surface area (TPSA) is 80.9 Å². The number of hydrogen-bond donors (Lipinski definition) is 1. The lowest BCUT2D eigenvalue weighted by atomic mass is 10.3. The van der Waals surface area contributed by atoms with Gasteiger partial charge in [0.15, 0.2) is 0 Å². The number of carboxylic acid groups (broad SMARTS) is 1. The van der Waals surface area contributed by atoms with Crippen LogP contribution in [0.3, 0.4) is 0 Å². The van der Waals surface area contributed by atoms with E-state index in [0.29, 0.717) is 11.2 Å². The standard InChI is InChI=1S/C9H8N4O2/c1-13-8-5-10-6(2-3-9(14)15)4-7(8)11-12-13/h2-5H,1H3,(H,14,15). The van der Waals surface area contributed by atoms with E-state index in [0.717, 1.165) is 11.6 Å². The van der Waals surface area contributed by atoms with E-state index in [1.807, 2.05) is 0 Å². The van der Waals surface area contributed by atoms with Gasteiger partial charge in [0, 0.05) is 13.1 Å². The number of pyridine rings is 1. The van der Waals surface area contributed by atoms with Crippen molar-refractivity contribution >= 4 is 23.1 Å². The molecular formula is C9H8N4O2. The number of aromatic nitrogens is 4. The van der Waals surface area contributed by atoms with Gasteiger partial charge in [-0.05, 0) is 12.1 Å². The predicted octanol–water partition coefficient (Wildman–Crippen LogP) is 0.461. The number of aliphatic carboxylic acids is 1. The molecule has 6 heteroatoms. The van der Waals surface area contributed by atoms with Crippen LogP contribution in [0.1, 0.15) is 5.69 Å². The second kappa shape index (κ2) is 3.49. The van der Waals surface area contributed by atoms with Gasteiger partial charge in [0.25, 0.3) is 0 Å². The molecule has 2 aromatic rings. The highest BCUT2D eigenvalue weighted by atomic mass is 16.4. The summed E-state index contributed by atoms with van der Waals surface area (Å²) < 4.78 is 1.60. The van der Waals surface area contributed by atoms with E-state index >= 15 is 0 Å². The lowest BCUT2D eigenvalue weighted by molar-refractivity contribution is -0.131. The van der Waals surface area contributed by atoms with E-state index in [4.69, 9.17) is 5.11 Å². The summed E-state index contributed by atoms with van der Waals surface area (Å²) in [6.45, 7) is 0. The molecular weight excluding hydrogens is 196 g/mol. The molecule has 1 N–H and O–H groups in total. The highest BCUT2D eigenvalue weighted by Gasteiger charge is 2.01. The fourth-order valence-electron chi connectivity index (χ4n) is 1.19. The monoisotopic (exact) mass is 204 g/mol. The van der Waals surface area contributed by atoms with Crippen LogP contribution < -0.4 is 0 Å². The van der Waals surface area contributed by atoms with Gasteiger partial charge in [-0.3, -0.25) is 4.98 Å². The predicted molar refractivity (Wildman–Crippen MR) is 53.0 cm³/mol. The summed E-state index contributed by atoms with van der Waals surface area (Å²) in [5.41, 5.74) is 2.05. The summed E-state index contributed by atoms with van der Waals surface area (Å²) in [5, 5.41) is 16.2. The third-order valence-electron chi connectivity index (χ3n) is 1.91. The molecule has 2 heterocycles. The summed E-state index contributed by atoms with van der Waals surface area (Å²) in [6, 6.07) is 1.68. The first-order chi connectivity index (χ1) is 7.16. The van der Waals surface area contributed by atoms with E-state index in [9.17, 15) is 4.79 Å². The van der Waals surface area contributed by atoms with Gasteiger partial charge >= 0.3 is 5.97 Å². The summed E-state index contributed by atoms with van der Waals surface area (Å²) >= 11 is 0. The molecule has 0 radical (unpaired) electrons. The summed E-state index contributed by atoms with van der Waals surface area (Å²) in [5.74, 6) is -1.00. The zero-order chi connectivity index (χ0) is 10.8. The maximum Gasteiger partial charge on any atom is 0.328 e. The van der Waals surface area contributed by atoms with Gasteiger partial charge in [-0.1, -0.05) is 5.21 Å². The smallest absolute Gasteiger partial charge is 0.328 e. The third kappa shape index (κ3) is 1.83. The van der Waals surface area contributed by atoms with Crippen LogP contribution in [-0.2, 0) is 11.8 Å². The SMILES string of the molecule is Cn1nnc2cc(C=CC(=O)O)ncc21. The zero-order valence-electron chi connectivity index (χ0n) is 7.95. The van der Waals surface area contributed by atoms with Gasteiger partial charge in [0.2, 0.25) is 0 Å². The van der Waals surface area contributed by atoms with E-state index in [2.05, 4.69) is 15.3 Å². The van der Waals surface area contributed by atoms with Crippen LogP contribution in [-0.4, -0.2) is 31.1 Å². The summed E-state index contributed by atoms with van der Waals surface area (Å²) in [4.78, 5) is 14.4. The Morgan fingerprint density at radius 1 is 1.60 bits per heavy atom. The average molecular weight is 204 g/mol. The fraction of sp³-hybridized carbons (Fsp3) is 0.111. The van der Waals surface area contributed by atoms with Gasteiger partial charge in [0.05, 0.1) is 11.9 Å². The molecule has 2 aromatic heterocycles. The number of rotatable bonds is 2. The first kappa shape index (κ1) is 9.32. The molecule has 0 aromatic carbocycles. The van der Waals surface area contributed by atoms with E-state index < -0.39 is 5.97 Å². The number of carboxylic acids is 1. The molecule has 0 amide bonds. The molecule has 15 heavy (non-hydrogen) atoms. The van der Waals surface area contributed by atoms with Gasteiger partial charge in [-0.2, -0.15) is 0 Å². The fourth-order valence-corrected chi connectivity index (χ4v) is 1.19. The molecule has 0 fully saturated rings. The van der Waals surface area contributed by atoms with Crippen molar-refractivity contribution in [3.63, 3.8) is 0 Å². The molecule has 0 spiro atoms. The maximum absolute atomic E-state index is 10.3. The van der Waals surface area contributed by atoms with Crippen molar-refractivity contribution in [1.82, 2.24) is 20.0 Å². The first-order valence-electron chi connectivity index (χ1n) is 4.23. The number of aryl methyl sites for hydroxylation is 1. The van der Waals surface area contributed by atoms with Gasteiger partial charge in [-0.15, -0.1) is 5.10 Å². The minimum atomic E-state index is -1.00. The number of carbonyl (C=O) groups is 1. The second-order valence-electron chi connectivity index (χ2n) is 2.98. The van der Waals surface area contributed by atoms with Gasteiger partial charge in [0.1, 0.15) is 11.0 Å². The van der Waals surface area contributed by atoms with Crippen LogP contribution in [0.4, 0.5) is 0 Å². The normalized spacial score (nSPS) is 11.3. The Hall–Kier alpha value is -2.24. The van der Waals surface area contributed by atoms with Crippen molar-refractivity contribution < 1.29 is 9.90 Å². The third-order valence-corrected chi connectivity index (χ3v) is 1.91. The van der Waals surface area contributed by atoms with Crippen molar-refractivity contribution in [3.05, 3.63) is 24.0 Å². The van der Waals surface area contributed by atoms with Gasteiger partial charge in [-0.25, -0.2) is 9.48 Å². The molecule has 2 rings (SSSR count). The Morgan fingerprint density at radius 3 is 3.13 bits per heavy atom. The Balaban J connectivity index is 2.43. The number of fused-ring (bicyclic) bond motifs is 1. The molecule has 0 atom stereocenters. The zero-order valence-corrected chi connectivity index (χ0v) is 7.95. The lowest BCUT2D eigenvalue weighted by Crippen LogP contribution is -1.90. The second-order valence-corrected chi connectivity index (χ2v) is 2.98. The van der Waals surface area contributed by atoms with E-state index in [1.165, 1.54) is 6.08 Å². The molecule has 0 aliphatic carbocycles. The van der Waals surface area contributed by atoms with Crippen molar-refractivity contribution in [2.75, 3.05) is 0 Å². The van der Waals surface area contributed by atoms with Crippen LogP contribution in [0.25, 0.3) is 17.1 Å². The Morgan fingerprint density at radius 2 is 2.40 bits per heavy atom. The minimum absolute atomic E-state index is 0.547. The highest BCUT2D eigenvalue weighted by molar-refractivity contribution is 5.85. The molecule has 0 unspecified atom stereocenters. The van der Waals surface area contributed by atoms with Crippen LogP contribution in [0, 0.1) is 0 Å². The summed E-state index contributed by atoms with van der Waals surface area (Å²) in [7, 11) is 1.77. The molecule has 0 aliphatic heterocycles. The molecule has 6 nitrogen and oxygen atoms in total. The lowest BCUT2D eigenvalue weighted by Gasteiger charge is -1.93. The average Bonchev–Trinajstić information content (AvgIpc) is 2.57.